The van der Waals surface area contributed by atoms with Crippen molar-refractivity contribution in [2.75, 3.05) is 18.9 Å². The van der Waals surface area contributed by atoms with E-state index in [9.17, 15) is 0 Å². The first-order valence-corrected chi connectivity index (χ1v) is 4.99. The maximum atomic E-state index is 5.83. The van der Waals surface area contributed by atoms with E-state index in [1.54, 1.807) is 12.1 Å². The van der Waals surface area contributed by atoms with E-state index in [2.05, 4.69) is 0 Å². The molecule has 0 bridgehead atoms. The molecule has 6 heteroatoms. The third-order valence-corrected chi connectivity index (χ3v) is 2.17. The highest BCUT2D eigenvalue weighted by Gasteiger charge is 1.98. The van der Waals surface area contributed by atoms with E-state index in [4.69, 9.17) is 27.8 Å². The van der Waals surface area contributed by atoms with Crippen molar-refractivity contribution in [1.29, 1.82) is 0 Å². The summed E-state index contributed by atoms with van der Waals surface area (Å²) in [6.07, 6.45) is 1.93. The Morgan fingerprint density at radius 3 is 2.44 bits per heavy atom. The van der Waals surface area contributed by atoms with Crippen molar-refractivity contribution in [1.82, 2.24) is 0 Å². The molecule has 0 aliphatic heterocycles. The molecule has 0 spiro atoms. The molecule has 0 aliphatic carbocycles. The normalized spacial score (nSPS) is 8.88. The zero-order valence-electron chi connectivity index (χ0n) is 8.82. The van der Waals surface area contributed by atoms with Gasteiger partial charge in [-0.15, -0.1) is 24.8 Å². The molecular formula is C10H17Cl3N2O. The van der Waals surface area contributed by atoms with E-state index < -0.39 is 0 Å². The predicted octanol–water partition coefficient (Wildman–Crippen LogP) is 2.88. The van der Waals surface area contributed by atoms with Crippen LogP contribution < -0.4 is 16.2 Å². The van der Waals surface area contributed by atoms with Gasteiger partial charge >= 0.3 is 0 Å². The summed E-state index contributed by atoms with van der Waals surface area (Å²) in [4.78, 5) is 0. The highest BCUT2D eigenvalue weighted by molar-refractivity contribution is 6.33. The van der Waals surface area contributed by atoms with Crippen LogP contribution in [0.3, 0.4) is 0 Å². The minimum atomic E-state index is 0. The molecule has 4 N–H and O–H groups in total. The van der Waals surface area contributed by atoms with Gasteiger partial charge in [0.15, 0.2) is 0 Å². The summed E-state index contributed by atoms with van der Waals surface area (Å²) in [6.45, 7) is 1.36. The molecule has 0 saturated heterocycles. The smallest absolute Gasteiger partial charge is 0.120 e. The summed E-state index contributed by atoms with van der Waals surface area (Å²) in [5.41, 5.74) is 11.5. The van der Waals surface area contributed by atoms with Crippen LogP contribution in [-0.4, -0.2) is 13.2 Å². The SMILES string of the molecule is Cl.Cl.NCCCCOc1ccc(N)c(Cl)c1. The van der Waals surface area contributed by atoms with Gasteiger partial charge in [-0.25, -0.2) is 0 Å². The van der Waals surface area contributed by atoms with Gasteiger partial charge in [-0.3, -0.25) is 0 Å². The van der Waals surface area contributed by atoms with Crippen LogP contribution >= 0.6 is 36.4 Å². The summed E-state index contributed by atoms with van der Waals surface area (Å²) < 4.78 is 5.45. The van der Waals surface area contributed by atoms with Crippen LogP contribution in [-0.2, 0) is 0 Å². The zero-order chi connectivity index (χ0) is 10.4. The lowest BCUT2D eigenvalue weighted by atomic mass is 10.3. The summed E-state index contributed by atoms with van der Waals surface area (Å²) in [6, 6.07) is 5.27. The Morgan fingerprint density at radius 2 is 1.88 bits per heavy atom. The van der Waals surface area contributed by atoms with E-state index in [0.29, 0.717) is 23.9 Å². The van der Waals surface area contributed by atoms with Gasteiger partial charge in [-0.2, -0.15) is 0 Å². The maximum absolute atomic E-state index is 5.83. The Labute approximate surface area is 113 Å². The first-order chi connectivity index (χ1) is 6.74. The molecule has 16 heavy (non-hydrogen) atoms. The van der Waals surface area contributed by atoms with Gasteiger partial charge < -0.3 is 16.2 Å². The second kappa shape index (κ2) is 9.85. The summed E-state index contributed by atoms with van der Waals surface area (Å²) in [7, 11) is 0. The maximum Gasteiger partial charge on any atom is 0.120 e. The largest absolute Gasteiger partial charge is 0.494 e. The molecule has 0 atom stereocenters. The molecule has 1 aromatic rings. The van der Waals surface area contributed by atoms with Gasteiger partial charge in [0.1, 0.15) is 5.75 Å². The van der Waals surface area contributed by atoms with Crippen molar-refractivity contribution >= 4 is 42.1 Å². The quantitative estimate of drug-likeness (QED) is 0.646. The van der Waals surface area contributed by atoms with E-state index >= 15 is 0 Å². The van der Waals surface area contributed by atoms with Gasteiger partial charge in [-0.05, 0) is 31.5 Å². The van der Waals surface area contributed by atoms with Crippen molar-refractivity contribution in [2.24, 2.45) is 5.73 Å². The monoisotopic (exact) mass is 286 g/mol. The lowest BCUT2D eigenvalue weighted by Gasteiger charge is -2.06. The number of benzene rings is 1. The van der Waals surface area contributed by atoms with Crippen molar-refractivity contribution in [3.05, 3.63) is 23.2 Å². The van der Waals surface area contributed by atoms with E-state index in [0.717, 1.165) is 18.6 Å². The van der Waals surface area contributed by atoms with Gasteiger partial charge in [0.05, 0.1) is 17.3 Å². The molecule has 0 fully saturated rings. The van der Waals surface area contributed by atoms with Crippen LogP contribution in [0, 0.1) is 0 Å². The molecule has 0 amide bonds. The third kappa shape index (κ3) is 6.28. The Balaban J connectivity index is 0. The van der Waals surface area contributed by atoms with Crippen molar-refractivity contribution < 1.29 is 4.74 Å². The van der Waals surface area contributed by atoms with Gasteiger partial charge in [0.25, 0.3) is 0 Å². The molecule has 94 valence electrons. The second-order valence-corrected chi connectivity index (χ2v) is 3.43. The standard InChI is InChI=1S/C10H15ClN2O.2ClH/c11-9-7-8(3-4-10(9)13)14-6-2-1-5-12;;/h3-4,7H,1-2,5-6,12-13H2;2*1H. The number of nitrogen functional groups attached to an aromatic ring is 1. The highest BCUT2D eigenvalue weighted by atomic mass is 35.5. The molecule has 0 saturated carbocycles. The lowest BCUT2D eigenvalue weighted by Crippen LogP contribution is -2.03. The minimum absolute atomic E-state index is 0. The summed E-state index contributed by atoms with van der Waals surface area (Å²) in [5, 5.41) is 0.529. The molecule has 1 rings (SSSR count). The number of hydrogen-bond donors (Lipinski definition) is 2. The van der Waals surface area contributed by atoms with Crippen molar-refractivity contribution in [3.63, 3.8) is 0 Å². The minimum Gasteiger partial charge on any atom is -0.494 e. The van der Waals surface area contributed by atoms with Gasteiger partial charge in [0.2, 0.25) is 0 Å². The number of hydrogen-bond acceptors (Lipinski definition) is 3. The number of ether oxygens (including phenoxy) is 1. The van der Waals surface area contributed by atoms with Crippen LogP contribution in [0.1, 0.15) is 12.8 Å². The van der Waals surface area contributed by atoms with Crippen LogP contribution in [0.25, 0.3) is 0 Å². The summed E-state index contributed by atoms with van der Waals surface area (Å²) >= 11 is 5.83. The zero-order valence-corrected chi connectivity index (χ0v) is 11.2. The molecule has 0 heterocycles. The molecule has 0 aromatic heterocycles. The molecule has 0 aliphatic rings. The topological polar surface area (TPSA) is 61.3 Å². The average molecular weight is 288 g/mol. The molecule has 3 nitrogen and oxygen atoms in total. The lowest BCUT2D eigenvalue weighted by molar-refractivity contribution is 0.308. The van der Waals surface area contributed by atoms with Gasteiger partial charge in [-0.1, -0.05) is 11.6 Å². The first kappa shape index (κ1) is 18.0. The Bertz CT molecular complexity index is 297. The van der Waals surface area contributed by atoms with E-state index in [1.165, 1.54) is 0 Å². The fourth-order valence-corrected chi connectivity index (χ4v) is 1.20. The van der Waals surface area contributed by atoms with Crippen LogP contribution in [0.2, 0.25) is 5.02 Å². The number of unbranched alkanes of at least 4 members (excludes halogenated alkanes) is 1. The summed E-state index contributed by atoms with van der Waals surface area (Å²) in [5.74, 6) is 0.751. The number of halogens is 3. The molecular weight excluding hydrogens is 270 g/mol. The van der Waals surface area contributed by atoms with Crippen LogP contribution in [0.15, 0.2) is 18.2 Å². The number of anilines is 1. The molecule has 0 unspecified atom stereocenters. The predicted molar refractivity (Wildman–Crippen MR) is 74.1 cm³/mol. The number of nitrogens with two attached hydrogens (primary N) is 2. The van der Waals surface area contributed by atoms with Crippen molar-refractivity contribution in [2.45, 2.75) is 12.8 Å². The highest BCUT2D eigenvalue weighted by Crippen LogP contribution is 2.24. The Kier molecular flexibility index (Phi) is 11.1. The fraction of sp³-hybridized carbons (Fsp3) is 0.400. The van der Waals surface area contributed by atoms with Crippen LogP contribution in [0.5, 0.6) is 5.75 Å². The number of rotatable bonds is 5. The third-order valence-electron chi connectivity index (χ3n) is 1.84. The average Bonchev–Trinajstić information content (AvgIpc) is 2.18. The van der Waals surface area contributed by atoms with Crippen LogP contribution in [0.4, 0.5) is 5.69 Å². The van der Waals surface area contributed by atoms with Gasteiger partial charge in [0, 0.05) is 6.07 Å². The van der Waals surface area contributed by atoms with Crippen molar-refractivity contribution in [3.8, 4) is 5.75 Å². The first-order valence-electron chi connectivity index (χ1n) is 4.62. The Morgan fingerprint density at radius 1 is 1.19 bits per heavy atom. The van der Waals surface area contributed by atoms with E-state index in [1.807, 2.05) is 6.07 Å². The molecule has 0 radical (unpaired) electrons. The van der Waals surface area contributed by atoms with E-state index in [-0.39, 0.29) is 24.8 Å². The second-order valence-electron chi connectivity index (χ2n) is 3.03. The Hall–Kier alpha value is -0.350. The fourth-order valence-electron chi connectivity index (χ4n) is 1.03. The molecule has 1 aromatic carbocycles.